The molecule has 174 valence electrons. The minimum absolute atomic E-state index is 0.00655. The highest BCUT2D eigenvalue weighted by Gasteiger charge is 2.24. The number of carbonyl (C=O) groups is 1. The number of fused-ring (bicyclic) bond motifs is 2. The van der Waals surface area contributed by atoms with Gasteiger partial charge in [0.25, 0.3) is 11.7 Å². The highest BCUT2D eigenvalue weighted by atomic mass is 16.3. The third-order valence-electron chi connectivity index (χ3n) is 5.85. The predicted octanol–water partition coefficient (Wildman–Crippen LogP) is 2.57. The van der Waals surface area contributed by atoms with Crippen LogP contribution in [0.3, 0.4) is 0 Å². The number of amides is 1. The lowest BCUT2D eigenvalue weighted by Crippen LogP contribution is -2.25. The molecule has 0 radical (unpaired) electrons. The molecule has 1 aliphatic heterocycles. The van der Waals surface area contributed by atoms with Crippen molar-refractivity contribution in [1.82, 2.24) is 34.4 Å². The minimum atomic E-state index is 0.00655. The summed E-state index contributed by atoms with van der Waals surface area (Å²) in [6.07, 6.45) is 4.03. The summed E-state index contributed by atoms with van der Waals surface area (Å²) in [6.45, 7) is 1.72. The van der Waals surface area contributed by atoms with E-state index in [9.17, 15) is 4.79 Å². The van der Waals surface area contributed by atoms with Gasteiger partial charge in [0.1, 0.15) is 0 Å². The number of nitrogen functional groups attached to an aromatic ring is 1. The van der Waals surface area contributed by atoms with Crippen LogP contribution in [0.25, 0.3) is 17.4 Å². The fraction of sp³-hybridized carbons (Fsp3) is 0.167. The molecule has 3 N–H and O–H groups in total. The Balaban J connectivity index is 1.08. The van der Waals surface area contributed by atoms with Crippen LogP contribution in [0.5, 0.6) is 0 Å². The summed E-state index contributed by atoms with van der Waals surface area (Å²) in [7, 11) is 0. The molecule has 0 unspecified atom stereocenters. The van der Waals surface area contributed by atoms with E-state index in [4.69, 9.17) is 10.2 Å². The molecule has 0 fully saturated rings. The van der Waals surface area contributed by atoms with E-state index in [0.29, 0.717) is 54.9 Å². The van der Waals surface area contributed by atoms with Crippen LogP contribution in [0.2, 0.25) is 0 Å². The van der Waals surface area contributed by atoms with Crippen molar-refractivity contribution < 1.29 is 9.21 Å². The van der Waals surface area contributed by atoms with Crippen LogP contribution in [-0.2, 0) is 19.5 Å². The molecule has 6 rings (SSSR count). The van der Waals surface area contributed by atoms with E-state index < -0.39 is 0 Å². The van der Waals surface area contributed by atoms with E-state index in [1.165, 1.54) is 4.52 Å². The van der Waals surface area contributed by atoms with Crippen molar-refractivity contribution in [2.75, 3.05) is 17.6 Å². The molecule has 0 spiro atoms. The average molecular weight is 467 g/mol. The molecule has 0 atom stereocenters. The number of nitrogens with zero attached hydrogens (tertiary/aromatic N) is 7. The van der Waals surface area contributed by atoms with Gasteiger partial charge < -0.3 is 20.4 Å². The van der Waals surface area contributed by atoms with Gasteiger partial charge in [-0.1, -0.05) is 18.2 Å². The Bertz CT molecular complexity index is 1490. The second-order valence-electron chi connectivity index (χ2n) is 8.17. The van der Waals surface area contributed by atoms with Crippen molar-refractivity contribution in [3.63, 3.8) is 0 Å². The molecule has 11 nitrogen and oxygen atoms in total. The van der Waals surface area contributed by atoms with Crippen LogP contribution < -0.4 is 11.1 Å². The van der Waals surface area contributed by atoms with E-state index in [1.807, 2.05) is 41.3 Å². The second kappa shape index (κ2) is 8.52. The molecule has 1 aliphatic rings. The molecule has 0 saturated carbocycles. The first-order chi connectivity index (χ1) is 17.1. The third-order valence-corrected chi connectivity index (χ3v) is 5.85. The SMILES string of the molecule is Nc1nc(NCCc2ccc(C(=O)N3Cc4cccnc4C3)cc2)nc2nc(-c3ccco3)nn12. The molecular weight excluding hydrogens is 446 g/mol. The van der Waals surface area contributed by atoms with Gasteiger partial charge >= 0.3 is 0 Å². The molecular formula is C24H21N9O2. The molecule has 0 bridgehead atoms. The van der Waals surface area contributed by atoms with E-state index in [2.05, 4.69) is 30.4 Å². The number of benzene rings is 1. The number of furan rings is 1. The van der Waals surface area contributed by atoms with Gasteiger partial charge in [0.05, 0.1) is 18.5 Å². The third kappa shape index (κ3) is 4.03. The van der Waals surface area contributed by atoms with Crippen LogP contribution in [0.4, 0.5) is 11.9 Å². The Morgan fingerprint density at radius 3 is 2.74 bits per heavy atom. The van der Waals surface area contributed by atoms with Gasteiger partial charge in [0.15, 0.2) is 5.76 Å². The zero-order valence-corrected chi connectivity index (χ0v) is 18.6. The van der Waals surface area contributed by atoms with Crippen molar-refractivity contribution in [3.8, 4) is 11.6 Å². The smallest absolute Gasteiger partial charge is 0.259 e. The number of hydrogen-bond donors (Lipinski definition) is 2. The number of nitrogens with one attached hydrogen (secondary N) is 1. The first kappa shape index (κ1) is 20.8. The van der Waals surface area contributed by atoms with Gasteiger partial charge in [-0.15, -0.1) is 5.10 Å². The Morgan fingerprint density at radius 2 is 1.94 bits per heavy atom. The maximum Gasteiger partial charge on any atom is 0.259 e. The van der Waals surface area contributed by atoms with E-state index in [0.717, 1.165) is 16.8 Å². The van der Waals surface area contributed by atoms with Gasteiger partial charge in [-0.05, 0) is 47.9 Å². The summed E-state index contributed by atoms with van der Waals surface area (Å²) in [4.78, 5) is 32.1. The number of anilines is 2. The Labute approximate surface area is 199 Å². The summed E-state index contributed by atoms with van der Waals surface area (Å²) in [5.41, 5.74) is 9.84. The van der Waals surface area contributed by atoms with Crippen molar-refractivity contribution in [3.05, 3.63) is 83.4 Å². The van der Waals surface area contributed by atoms with E-state index in [-0.39, 0.29) is 11.9 Å². The number of aromatic nitrogens is 6. The largest absolute Gasteiger partial charge is 0.461 e. The molecule has 4 aromatic heterocycles. The molecule has 0 saturated heterocycles. The zero-order valence-electron chi connectivity index (χ0n) is 18.6. The lowest BCUT2D eigenvalue weighted by Gasteiger charge is -2.15. The molecule has 1 aromatic carbocycles. The average Bonchev–Trinajstić information content (AvgIpc) is 3.63. The number of pyridine rings is 1. The highest BCUT2D eigenvalue weighted by molar-refractivity contribution is 5.94. The second-order valence-corrected chi connectivity index (χ2v) is 8.17. The standard InChI is InChI=1S/C24H21N9O2/c25-22-29-23(30-24-28-20(31-33(22)24)19-4-2-12-35-19)27-11-9-15-5-7-16(8-6-15)21(34)32-13-17-3-1-10-26-18(17)14-32/h1-8,10,12H,9,11,13-14H2,(H3,25,27,28,29,30,31). The minimum Gasteiger partial charge on any atom is -0.461 e. The fourth-order valence-corrected chi connectivity index (χ4v) is 4.05. The number of hydrogen-bond acceptors (Lipinski definition) is 9. The first-order valence-corrected chi connectivity index (χ1v) is 11.1. The number of rotatable bonds is 6. The predicted molar refractivity (Wildman–Crippen MR) is 127 cm³/mol. The van der Waals surface area contributed by atoms with Crippen LogP contribution in [-0.4, -0.2) is 46.9 Å². The number of carbonyl (C=O) groups excluding carboxylic acids is 1. The van der Waals surface area contributed by atoms with E-state index >= 15 is 0 Å². The van der Waals surface area contributed by atoms with Crippen molar-refractivity contribution in [2.24, 2.45) is 0 Å². The van der Waals surface area contributed by atoms with Gasteiger partial charge in [-0.2, -0.15) is 19.5 Å². The summed E-state index contributed by atoms with van der Waals surface area (Å²) in [5.74, 6) is 1.78. The van der Waals surface area contributed by atoms with Crippen molar-refractivity contribution in [1.29, 1.82) is 0 Å². The fourth-order valence-electron chi connectivity index (χ4n) is 4.05. The Morgan fingerprint density at radius 1 is 1.06 bits per heavy atom. The van der Waals surface area contributed by atoms with Crippen molar-refractivity contribution in [2.45, 2.75) is 19.5 Å². The van der Waals surface area contributed by atoms with Crippen LogP contribution in [0.15, 0.2) is 65.4 Å². The Hall–Kier alpha value is -4.80. The maximum absolute atomic E-state index is 12.9. The lowest BCUT2D eigenvalue weighted by atomic mass is 10.1. The first-order valence-electron chi connectivity index (χ1n) is 11.1. The molecule has 11 heteroatoms. The summed E-state index contributed by atoms with van der Waals surface area (Å²) < 4.78 is 6.70. The zero-order chi connectivity index (χ0) is 23.8. The summed E-state index contributed by atoms with van der Waals surface area (Å²) in [5, 5.41) is 7.46. The van der Waals surface area contributed by atoms with Crippen LogP contribution in [0.1, 0.15) is 27.2 Å². The van der Waals surface area contributed by atoms with Crippen molar-refractivity contribution >= 4 is 23.6 Å². The summed E-state index contributed by atoms with van der Waals surface area (Å²) >= 11 is 0. The van der Waals surface area contributed by atoms with E-state index in [1.54, 1.807) is 24.6 Å². The monoisotopic (exact) mass is 467 g/mol. The maximum atomic E-state index is 12.9. The summed E-state index contributed by atoms with van der Waals surface area (Å²) in [6, 6.07) is 15.1. The quantitative estimate of drug-likeness (QED) is 0.385. The van der Waals surface area contributed by atoms with Gasteiger partial charge in [-0.3, -0.25) is 9.78 Å². The molecule has 5 heterocycles. The van der Waals surface area contributed by atoms with Gasteiger partial charge in [0.2, 0.25) is 17.7 Å². The van der Waals surface area contributed by atoms with Gasteiger partial charge in [-0.25, -0.2) is 0 Å². The topological polar surface area (TPSA) is 140 Å². The molecule has 1 amide bonds. The Kier molecular flexibility index (Phi) is 5.06. The molecule has 35 heavy (non-hydrogen) atoms. The molecule has 0 aliphatic carbocycles. The normalized spacial score (nSPS) is 12.7. The molecule has 5 aromatic rings. The highest BCUT2D eigenvalue weighted by Crippen LogP contribution is 2.22. The van der Waals surface area contributed by atoms with Gasteiger partial charge in [0, 0.05) is 24.8 Å². The van der Waals surface area contributed by atoms with Crippen LogP contribution in [0, 0.1) is 0 Å². The van der Waals surface area contributed by atoms with Crippen LogP contribution >= 0.6 is 0 Å². The number of nitrogens with two attached hydrogens (primary N) is 1. The lowest BCUT2D eigenvalue weighted by molar-refractivity contribution is 0.0750.